The molecule has 0 saturated carbocycles. The number of anilines is 1. The molecule has 0 bridgehead atoms. The van der Waals surface area contributed by atoms with Crippen molar-refractivity contribution in [3.8, 4) is 0 Å². The van der Waals surface area contributed by atoms with Gasteiger partial charge in [0.05, 0.1) is 0 Å². The van der Waals surface area contributed by atoms with Gasteiger partial charge >= 0.3 is 0 Å². The first-order valence-corrected chi connectivity index (χ1v) is 6.93. The van der Waals surface area contributed by atoms with Gasteiger partial charge < -0.3 is 10.2 Å². The first-order chi connectivity index (χ1) is 7.84. The minimum atomic E-state index is 0.722. The maximum atomic E-state index is 3.65. The summed E-state index contributed by atoms with van der Waals surface area (Å²) >= 11 is 3.65. The van der Waals surface area contributed by atoms with Crippen LogP contribution in [0.25, 0.3) is 0 Å². The predicted molar refractivity (Wildman–Crippen MR) is 69.2 cm³/mol. The van der Waals surface area contributed by atoms with E-state index < -0.39 is 0 Å². The third-order valence-corrected chi connectivity index (χ3v) is 4.80. The summed E-state index contributed by atoms with van der Waals surface area (Å²) in [7, 11) is 0. The quantitative estimate of drug-likeness (QED) is 0.783. The molecule has 3 heteroatoms. The molecule has 0 aromatic heterocycles. The molecule has 1 saturated heterocycles. The third-order valence-electron chi connectivity index (χ3n) is 4.34. The molecule has 2 nitrogen and oxygen atoms in total. The monoisotopic (exact) mass is 278 g/mol. The zero-order chi connectivity index (χ0) is 10.7. The van der Waals surface area contributed by atoms with Gasteiger partial charge in [0, 0.05) is 35.2 Å². The zero-order valence-electron chi connectivity index (χ0n) is 9.17. The average Bonchev–Trinajstić information content (AvgIpc) is 2.83. The van der Waals surface area contributed by atoms with Gasteiger partial charge in [0.2, 0.25) is 0 Å². The molecule has 3 aliphatic rings. The minimum absolute atomic E-state index is 0.722. The smallest absolute Gasteiger partial charge is 0.0439 e. The summed E-state index contributed by atoms with van der Waals surface area (Å²) in [5, 5.41) is 3.54. The Kier molecular flexibility index (Phi) is 1.92. The van der Waals surface area contributed by atoms with Crippen molar-refractivity contribution in [2.24, 2.45) is 0 Å². The Morgan fingerprint density at radius 1 is 1.38 bits per heavy atom. The highest BCUT2D eigenvalue weighted by molar-refractivity contribution is 9.10. The highest BCUT2D eigenvalue weighted by atomic mass is 79.9. The number of nitrogens with one attached hydrogen (secondary N) is 1. The number of nitrogens with zero attached hydrogens (tertiary/aromatic N) is 1. The molecular weight excluding hydrogens is 264 g/mol. The maximum Gasteiger partial charge on any atom is 0.0439 e. The van der Waals surface area contributed by atoms with E-state index in [1.165, 1.54) is 30.4 Å². The Balaban J connectivity index is 1.92. The van der Waals surface area contributed by atoms with Gasteiger partial charge in [0.15, 0.2) is 0 Å². The summed E-state index contributed by atoms with van der Waals surface area (Å²) in [6.07, 6.45) is 2.54. The SMILES string of the molecule is Brc1cc2c3c(c1)[C@H]1CNCC[C@H]1N3CC2. The second-order valence-electron chi connectivity index (χ2n) is 5.11. The maximum absolute atomic E-state index is 3.65. The molecule has 3 aliphatic heterocycles. The lowest BCUT2D eigenvalue weighted by molar-refractivity contribution is 0.405. The van der Waals surface area contributed by atoms with Crippen LogP contribution in [-0.2, 0) is 6.42 Å². The summed E-state index contributed by atoms with van der Waals surface area (Å²) in [6, 6.07) is 5.42. The second-order valence-corrected chi connectivity index (χ2v) is 6.03. The standard InChI is InChI=1S/C13H15BrN2/c14-9-5-8-2-4-16-12-1-3-15-7-11(12)10(6-9)13(8)16/h5-6,11-12,15H,1-4,7H2/t11-,12-/m1/s1. The van der Waals surface area contributed by atoms with Crippen LogP contribution in [0.4, 0.5) is 5.69 Å². The van der Waals surface area contributed by atoms with E-state index in [4.69, 9.17) is 0 Å². The number of piperidine rings is 1. The molecule has 0 radical (unpaired) electrons. The van der Waals surface area contributed by atoms with Crippen LogP contribution in [0, 0.1) is 0 Å². The minimum Gasteiger partial charge on any atom is -0.367 e. The largest absolute Gasteiger partial charge is 0.367 e. The molecule has 16 heavy (non-hydrogen) atoms. The van der Waals surface area contributed by atoms with Gasteiger partial charge in [0.25, 0.3) is 0 Å². The molecule has 84 valence electrons. The first kappa shape index (κ1) is 9.49. The third kappa shape index (κ3) is 1.11. The van der Waals surface area contributed by atoms with Gasteiger partial charge in [-0.3, -0.25) is 0 Å². The van der Waals surface area contributed by atoms with Crippen LogP contribution in [0.15, 0.2) is 16.6 Å². The number of hydrogen-bond donors (Lipinski definition) is 1. The predicted octanol–water partition coefficient (Wildman–Crippen LogP) is 2.27. The Labute approximate surface area is 104 Å². The number of rotatable bonds is 0. The Hall–Kier alpha value is -0.540. The molecule has 4 rings (SSSR count). The van der Waals surface area contributed by atoms with Crippen molar-refractivity contribution in [3.63, 3.8) is 0 Å². The van der Waals surface area contributed by atoms with Crippen molar-refractivity contribution in [2.45, 2.75) is 24.8 Å². The Bertz CT molecular complexity index is 457. The molecule has 3 heterocycles. The van der Waals surface area contributed by atoms with Crippen molar-refractivity contribution < 1.29 is 0 Å². The van der Waals surface area contributed by atoms with Crippen molar-refractivity contribution in [3.05, 3.63) is 27.7 Å². The van der Waals surface area contributed by atoms with Crippen molar-refractivity contribution in [1.82, 2.24) is 5.32 Å². The lowest BCUT2D eigenvalue weighted by Gasteiger charge is -2.32. The van der Waals surface area contributed by atoms with Crippen LogP contribution in [0.2, 0.25) is 0 Å². The van der Waals surface area contributed by atoms with E-state index in [0.29, 0.717) is 0 Å². The molecular formula is C13H15BrN2. The molecule has 1 aromatic carbocycles. The van der Waals surface area contributed by atoms with Gasteiger partial charge in [-0.15, -0.1) is 0 Å². The van der Waals surface area contributed by atoms with Crippen molar-refractivity contribution in [2.75, 3.05) is 24.5 Å². The van der Waals surface area contributed by atoms with Gasteiger partial charge in [0.1, 0.15) is 0 Å². The van der Waals surface area contributed by atoms with Crippen LogP contribution in [-0.4, -0.2) is 25.7 Å². The van der Waals surface area contributed by atoms with E-state index in [1.54, 1.807) is 16.8 Å². The molecule has 0 amide bonds. The first-order valence-electron chi connectivity index (χ1n) is 6.14. The molecule has 1 N–H and O–H groups in total. The molecule has 0 spiro atoms. The fraction of sp³-hybridized carbons (Fsp3) is 0.538. The van der Waals surface area contributed by atoms with Crippen LogP contribution in [0.3, 0.4) is 0 Å². The van der Waals surface area contributed by atoms with E-state index in [2.05, 4.69) is 38.3 Å². The highest BCUT2D eigenvalue weighted by Gasteiger charge is 2.43. The lowest BCUT2D eigenvalue weighted by Crippen LogP contribution is -2.43. The second kappa shape index (κ2) is 3.23. The van der Waals surface area contributed by atoms with E-state index in [9.17, 15) is 0 Å². The average molecular weight is 279 g/mol. The van der Waals surface area contributed by atoms with E-state index in [0.717, 1.165) is 18.5 Å². The topological polar surface area (TPSA) is 15.3 Å². The zero-order valence-corrected chi connectivity index (χ0v) is 10.8. The van der Waals surface area contributed by atoms with Crippen LogP contribution in [0.5, 0.6) is 0 Å². The van der Waals surface area contributed by atoms with Crippen molar-refractivity contribution >= 4 is 21.6 Å². The summed E-state index contributed by atoms with van der Waals surface area (Å²) in [6.45, 7) is 3.58. The Morgan fingerprint density at radius 2 is 2.31 bits per heavy atom. The number of hydrogen-bond acceptors (Lipinski definition) is 2. The van der Waals surface area contributed by atoms with Gasteiger partial charge in [-0.25, -0.2) is 0 Å². The van der Waals surface area contributed by atoms with Crippen molar-refractivity contribution in [1.29, 1.82) is 0 Å². The summed E-state index contributed by atoms with van der Waals surface area (Å²) in [5.41, 5.74) is 4.71. The fourth-order valence-electron chi connectivity index (χ4n) is 3.72. The molecule has 0 unspecified atom stereocenters. The molecule has 1 aromatic rings. The Morgan fingerprint density at radius 3 is 3.25 bits per heavy atom. The van der Waals surface area contributed by atoms with Crippen LogP contribution < -0.4 is 10.2 Å². The number of fused-ring (bicyclic) bond motifs is 3. The summed E-state index contributed by atoms with van der Waals surface area (Å²) in [5.74, 6) is 0.722. The number of benzene rings is 1. The van der Waals surface area contributed by atoms with E-state index in [1.807, 2.05) is 0 Å². The van der Waals surface area contributed by atoms with Crippen LogP contribution in [0.1, 0.15) is 23.5 Å². The normalized spacial score (nSPS) is 30.4. The van der Waals surface area contributed by atoms with Gasteiger partial charge in [-0.05, 0) is 42.6 Å². The fourth-order valence-corrected chi connectivity index (χ4v) is 4.24. The summed E-state index contributed by atoms with van der Waals surface area (Å²) in [4.78, 5) is 2.67. The summed E-state index contributed by atoms with van der Waals surface area (Å²) < 4.78 is 1.26. The highest BCUT2D eigenvalue weighted by Crippen LogP contribution is 2.49. The van der Waals surface area contributed by atoms with E-state index >= 15 is 0 Å². The van der Waals surface area contributed by atoms with Gasteiger partial charge in [-0.2, -0.15) is 0 Å². The van der Waals surface area contributed by atoms with Crippen LogP contribution >= 0.6 is 15.9 Å². The lowest BCUT2D eigenvalue weighted by atomic mass is 9.89. The van der Waals surface area contributed by atoms with Gasteiger partial charge in [-0.1, -0.05) is 15.9 Å². The molecule has 1 fully saturated rings. The van der Waals surface area contributed by atoms with E-state index in [-0.39, 0.29) is 0 Å². The number of halogens is 1. The molecule has 0 aliphatic carbocycles. The molecule has 2 atom stereocenters.